The molecule has 0 aromatic rings. The van der Waals surface area contributed by atoms with E-state index >= 15 is 0 Å². The summed E-state index contributed by atoms with van der Waals surface area (Å²) in [6, 6.07) is 0. The van der Waals surface area contributed by atoms with Crippen LogP contribution in [0.4, 0.5) is 0 Å². The third kappa shape index (κ3) is 1.99. The van der Waals surface area contributed by atoms with Crippen molar-refractivity contribution < 1.29 is 14.3 Å². The molecule has 2 heterocycles. The Hall–Kier alpha value is -0.350. The molecule has 0 aromatic heterocycles. The Balaban J connectivity index is 1.97. The first kappa shape index (κ1) is 13.6. The highest BCUT2D eigenvalue weighted by Crippen LogP contribution is 2.54. The number of carbonyl (C=O) groups is 1. The van der Waals surface area contributed by atoms with Crippen LogP contribution >= 0.6 is 15.9 Å². The van der Waals surface area contributed by atoms with Crippen LogP contribution in [0.25, 0.3) is 0 Å². The number of alkyl halides is 1. The predicted octanol–water partition coefficient (Wildman–Crippen LogP) is 3.22. The van der Waals surface area contributed by atoms with E-state index < -0.39 is 0 Å². The third-order valence-electron chi connectivity index (χ3n) is 5.27. The van der Waals surface area contributed by atoms with Gasteiger partial charge in [-0.3, -0.25) is 0 Å². The lowest BCUT2D eigenvalue weighted by molar-refractivity contribution is -0.152. The molecule has 2 unspecified atom stereocenters. The topological polar surface area (TPSA) is 35.5 Å². The fourth-order valence-corrected chi connectivity index (χ4v) is 4.54. The lowest BCUT2D eigenvalue weighted by Gasteiger charge is -2.52. The number of hydrogen-bond donors (Lipinski definition) is 0. The summed E-state index contributed by atoms with van der Waals surface area (Å²) in [5, 5.41) is 0. The summed E-state index contributed by atoms with van der Waals surface area (Å²) in [5.74, 6) is 0.226. The minimum atomic E-state index is -0.194. The monoisotopic (exact) mass is 328 g/mol. The van der Waals surface area contributed by atoms with Crippen molar-refractivity contribution in [2.45, 2.75) is 56.6 Å². The molecule has 3 aliphatic rings. The van der Waals surface area contributed by atoms with Gasteiger partial charge in [0.1, 0.15) is 12.7 Å². The van der Waals surface area contributed by atoms with Gasteiger partial charge in [0.25, 0.3) is 0 Å². The molecule has 4 atom stereocenters. The fourth-order valence-electron chi connectivity index (χ4n) is 4.00. The molecule has 3 nitrogen and oxygen atoms in total. The Bertz CT molecular complexity index is 443. The maximum atomic E-state index is 11.7. The largest absolute Gasteiger partial charge is 0.459 e. The second-order valence-electron chi connectivity index (χ2n) is 6.79. The van der Waals surface area contributed by atoms with Crippen molar-refractivity contribution in [3.63, 3.8) is 0 Å². The Morgan fingerprint density at radius 3 is 2.84 bits per heavy atom. The molecule has 3 rings (SSSR count). The van der Waals surface area contributed by atoms with E-state index in [2.05, 4.69) is 42.8 Å². The summed E-state index contributed by atoms with van der Waals surface area (Å²) < 4.78 is 11.5. The molecule has 1 saturated heterocycles. The van der Waals surface area contributed by atoms with Crippen LogP contribution in [0.2, 0.25) is 0 Å². The van der Waals surface area contributed by atoms with Crippen molar-refractivity contribution in [2.24, 2.45) is 11.3 Å². The van der Waals surface area contributed by atoms with Gasteiger partial charge in [-0.05, 0) is 37.5 Å². The first-order valence-corrected chi connectivity index (χ1v) is 7.95. The van der Waals surface area contributed by atoms with Crippen molar-refractivity contribution in [3.8, 4) is 0 Å². The minimum absolute atomic E-state index is 0.159. The SMILES string of the molecule is CC12CCC(Br)C(C)(C)[C@@H]1CC=C1C(=O)OC[C@@H]1O2. The highest BCUT2D eigenvalue weighted by molar-refractivity contribution is 9.09. The van der Waals surface area contributed by atoms with Crippen LogP contribution in [0.1, 0.15) is 40.0 Å². The summed E-state index contributed by atoms with van der Waals surface area (Å²) >= 11 is 3.83. The van der Waals surface area contributed by atoms with Crippen molar-refractivity contribution in [1.29, 1.82) is 0 Å². The molecular formula is C15H21BrO3. The third-order valence-corrected chi connectivity index (χ3v) is 6.91. The Morgan fingerprint density at radius 1 is 1.37 bits per heavy atom. The Kier molecular flexibility index (Phi) is 3.10. The van der Waals surface area contributed by atoms with E-state index in [1.54, 1.807) is 0 Å². The average Bonchev–Trinajstić information content (AvgIpc) is 2.58. The fraction of sp³-hybridized carbons (Fsp3) is 0.800. The zero-order chi connectivity index (χ0) is 13.8. The predicted molar refractivity (Wildman–Crippen MR) is 76.2 cm³/mol. The Labute approximate surface area is 122 Å². The van der Waals surface area contributed by atoms with E-state index in [4.69, 9.17) is 9.47 Å². The van der Waals surface area contributed by atoms with Crippen LogP contribution in [0, 0.1) is 11.3 Å². The number of halogens is 1. The molecule has 0 N–H and O–H groups in total. The second-order valence-corrected chi connectivity index (χ2v) is 7.90. The maximum Gasteiger partial charge on any atom is 0.336 e. The van der Waals surface area contributed by atoms with Crippen LogP contribution in [-0.4, -0.2) is 29.1 Å². The summed E-state index contributed by atoms with van der Waals surface area (Å²) in [5.41, 5.74) is 0.731. The second kappa shape index (κ2) is 4.32. The van der Waals surface area contributed by atoms with Crippen molar-refractivity contribution in [3.05, 3.63) is 11.6 Å². The van der Waals surface area contributed by atoms with Crippen LogP contribution < -0.4 is 0 Å². The van der Waals surface area contributed by atoms with E-state index in [9.17, 15) is 4.79 Å². The zero-order valence-electron chi connectivity index (χ0n) is 11.7. The molecule has 1 saturated carbocycles. The van der Waals surface area contributed by atoms with Gasteiger partial charge in [0, 0.05) is 4.83 Å². The zero-order valence-corrected chi connectivity index (χ0v) is 13.3. The van der Waals surface area contributed by atoms with Crippen molar-refractivity contribution >= 4 is 21.9 Å². The number of hydrogen-bond acceptors (Lipinski definition) is 3. The molecule has 0 radical (unpaired) electrons. The van der Waals surface area contributed by atoms with E-state index in [1.807, 2.05) is 0 Å². The molecule has 0 aromatic carbocycles. The van der Waals surface area contributed by atoms with Gasteiger partial charge in [-0.15, -0.1) is 0 Å². The number of carbonyl (C=O) groups excluding carboxylic acids is 1. The number of allylic oxidation sites excluding steroid dienone is 1. The highest BCUT2D eigenvalue weighted by Gasteiger charge is 2.54. The van der Waals surface area contributed by atoms with E-state index in [1.165, 1.54) is 0 Å². The summed E-state index contributed by atoms with van der Waals surface area (Å²) in [4.78, 5) is 12.2. The van der Waals surface area contributed by atoms with E-state index in [0.29, 0.717) is 17.4 Å². The normalized spacial score (nSPS) is 44.7. The molecule has 2 fully saturated rings. The van der Waals surface area contributed by atoms with E-state index in [0.717, 1.165) is 24.8 Å². The van der Waals surface area contributed by atoms with Gasteiger partial charge >= 0.3 is 5.97 Å². The molecule has 106 valence electrons. The molecule has 4 heteroatoms. The van der Waals surface area contributed by atoms with Gasteiger partial charge in [-0.1, -0.05) is 35.9 Å². The molecule has 19 heavy (non-hydrogen) atoms. The summed E-state index contributed by atoms with van der Waals surface area (Å²) in [6.07, 6.45) is 4.93. The lowest BCUT2D eigenvalue weighted by Crippen LogP contribution is -2.53. The van der Waals surface area contributed by atoms with Crippen LogP contribution in [0.5, 0.6) is 0 Å². The number of esters is 1. The lowest BCUT2D eigenvalue weighted by atomic mass is 9.60. The standard InChI is InChI=1S/C15H21BrO3/c1-14(2)11-5-4-9-10(8-18-13(9)17)19-15(11,3)7-6-12(14)16/h4,10-12H,5-8H2,1-3H3/t10-,11-,12?,15?/m0/s1. The first-order valence-electron chi connectivity index (χ1n) is 7.03. The molecule has 2 aliphatic heterocycles. The highest BCUT2D eigenvalue weighted by atomic mass is 79.9. The quantitative estimate of drug-likeness (QED) is 0.506. The van der Waals surface area contributed by atoms with Crippen molar-refractivity contribution in [1.82, 2.24) is 0 Å². The van der Waals surface area contributed by atoms with Gasteiger partial charge < -0.3 is 9.47 Å². The molecular weight excluding hydrogens is 308 g/mol. The van der Waals surface area contributed by atoms with Gasteiger partial charge in [0.05, 0.1) is 11.2 Å². The number of ether oxygens (including phenoxy) is 2. The number of fused-ring (bicyclic) bond motifs is 2. The summed E-state index contributed by atoms with van der Waals surface area (Å²) in [6.45, 7) is 7.19. The summed E-state index contributed by atoms with van der Waals surface area (Å²) in [7, 11) is 0. The van der Waals surface area contributed by atoms with Crippen LogP contribution in [0.15, 0.2) is 11.6 Å². The number of rotatable bonds is 0. The smallest absolute Gasteiger partial charge is 0.336 e. The van der Waals surface area contributed by atoms with E-state index in [-0.39, 0.29) is 23.1 Å². The van der Waals surface area contributed by atoms with Gasteiger partial charge in [-0.25, -0.2) is 4.79 Å². The van der Waals surface area contributed by atoms with Crippen LogP contribution in [0.3, 0.4) is 0 Å². The van der Waals surface area contributed by atoms with Gasteiger partial charge in [0.2, 0.25) is 0 Å². The molecule has 0 spiro atoms. The minimum Gasteiger partial charge on any atom is -0.459 e. The average molecular weight is 329 g/mol. The van der Waals surface area contributed by atoms with Gasteiger partial charge in [0.15, 0.2) is 0 Å². The number of cyclic esters (lactones) is 1. The molecule has 0 bridgehead atoms. The molecule has 1 aliphatic carbocycles. The van der Waals surface area contributed by atoms with Crippen molar-refractivity contribution in [2.75, 3.05) is 6.61 Å². The van der Waals surface area contributed by atoms with Crippen LogP contribution in [-0.2, 0) is 14.3 Å². The molecule has 0 amide bonds. The maximum absolute atomic E-state index is 11.7. The van der Waals surface area contributed by atoms with Gasteiger partial charge in [-0.2, -0.15) is 0 Å². The first-order chi connectivity index (χ1) is 8.84. The Morgan fingerprint density at radius 2 is 2.11 bits per heavy atom.